The molecular weight excluding hydrogens is 254 g/mol. The third-order valence-electron chi connectivity index (χ3n) is 2.96. The molecule has 0 unspecified atom stereocenters. The molecule has 0 atom stereocenters. The molecule has 110 valence electrons. The summed E-state index contributed by atoms with van der Waals surface area (Å²) in [6, 6.07) is 7.45. The fourth-order valence-electron chi connectivity index (χ4n) is 1.91. The Morgan fingerprint density at radius 1 is 1.20 bits per heavy atom. The van der Waals surface area contributed by atoms with Crippen molar-refractivity contribution in [2.45, 2.75) is 27.2 Å². The second-order valence-corrected chi connectivity index (χ2v) is 4.60. The Bertz CT molecular complexity index is 460. The van der Waals surface area contributed by atoms with Gasteiger partial charge in [-0.2, -0.15) is 0 Å². The summed E-state index contributed by atoms with van der Waals surface area (Å²) in [6.07, 6.45) is 0.839. The van der Waals surface area contributed by atoms with Gasteiger partial charge in [0.15, 0.2) is 0 Å². The van der Waals surface area contributed by atoms with Gasteiger partial charge in [-0.25, -0.2) is 4.79 Å². The highest BCUT2D eigenvalue weighted by Gasteiger charge is 2.13. The molecule has 0 radical (unpaired) electrons. The Morgan fingerprint density at radius 3 is 2.50 bits per heavy atom. The zero-order chi connectivity index (χ0) is 15.0. The molecule has 1 aromatic carbocycles. The molecule has 0 fully saturated rings. The van der Waals surface area contributed by atoms with Crippen molar-refractivity contribution in [2.24, 2.45) is 0 Å². The molecule has 0 saturated carbocycles. The monoisotopic (exact) mass is 277 g/mol. The maximum atomic E-state index is 11.9. The molecular formula is C15H23N3O2. The van der Waals surface area contributed by atoms with Crippen molar-refractivity contribution >= 4 is 17.6 Å². The van der Waals surface area contributed by atoms with Gasteiger partial charge in [-0.3, -0.25) is 10.1 Å². The topological polar surface area (TPSA) is 61.4 Å². The van der Waals surface area contributed by atoms with Crippen LogP contribution in [0.5, 0.6) is 0 Å². The number of urea groups is 1. The van der Waals surface area contributed by atoms with Crippen molar-refractivity contribution in [3.63, 3.8) is 0 Å². The highest BCUT2D eigenvalue weighted by atomic mass is 16.2. The van der Waals surface area contributed by atoms with E-state index in [1.165, 1.54) is 0 Å². The Hall–Kier alpha value is -2.04. The minimum atomic E-state index is -0.433. The fourth-order valence-corrected chi connectivity index (χ4v) is 1.91. The Kier molecular flexibility index (Phi) is 6.56. The second kappa shape index (κ2) is 8.19. The van der Waals surface area contributed by atoms with E-state index in [4.69, 9.17) is 0 Å². The molecule has 0 aliphatic carbocycles. The Labute approximate surface area is 120 Å². The quantitative estimate of drug-likeness (QED) is 0.836. The van der Waals surface area contributed by atoms with E-state index in [-0.39, 0.29) is 12.5 Å². The lowest BCUT2D eigenvalue weighted by Crippen LogP contribution is -2.44. The van der Waals surface area contributed by atoms with Crippen molar-refractivity contribution in [1.82, 2.24) is 10.6 Å². The molecule has 0 saturated heterocycles. The van der Waals surface area contributed by atoms with Crippen LogP contribution in [0.4, 0.5) is 10.5 Å². The summed E-state index contributed by atoms with van der Waals surface area (Å²) < 4.78 is 0. The fraction of sp³-hybridized carbons (Fsp3) is 0.467. The van der Waals surface area contributed by atoms with Crippen LogP contribution in [0.1, 0.15) is 25.8 Å². The SMILES string of the molecule is CCCNC(=O)NC(=O)CN(CC)c1ccccc1C. The predicted molar refractivity (Wildman–Crippen MR) is 80.9 cm³/mol. The van der Waals surface area contributed by atoms with Crippen LogP contribution in [0, 0.1) is 6.92 Å². The summed E-state index contributed by atoms with van der Waals surface area (Å²) >= 11 is 0. The highest BCUT2D eigenvalue weighted by molar-refractivity contribution is 5.96. The number of nitrogens with zero attached hydrogens (tertiary/aromatic N) is 1. The van der Waals surface area contributed by atoms with Gasteiger partial charge in [-0.1, -0.05) is 25.1 Å². The van der Waals surface area contributed by atoms with Gasteiger partial charge in [-0.15, -0.1) is 0 Å². The number of aryl methyl sites for hydroxylation is 1. The van der Waals surface area contributed by atoms with E-state index in [9.17, 15) is 9.59 Å². The lowest BCUT2D eigenvalue weighted by Gasteiger charge is -2.24. The summed E-state index contributed by atoms with van der Waals surface area (Å²) in [5.41, 5.74) is 2.12. The molecule has 0 bridgehead atoms. The molecule has 0 aliphatic rings. The van der Waals surface area contributed by atoms with E-state index in [1.807, 2.05) is 49.9 Å². The molecule has 3 amide bonds. The first-order chi connectivity index (χ1) is 9.58. The Morgan fingerprint density at radius 2 is 1.90 bits per heavy atom. The minimum absolute atomic E-state index is 0.168. The molecule has 2 N–H and O–H groups in total. The van der Waals surface area contributed by atoms with Gasteiger partial charge in [0.25, 0.3) is 0 Å². The standard InChI is InChI=1S/C15H23N3O2/c1-4-10-16-15(20)17-14(19)11-18(5-2)13-9-7-6-8-12(13)3/h6-9H,4-5,10-11H2,1-3H3,(H2,16,17,19,20). The number of amides is 3. The van der Waals surface area contributed by atoms with E-state index < -0.39 is 6.03 Å². The number of rotatable bonds is 6. The molecule has 1 rings (SSSR count). The first-order valence-electron chi connectivity index (χ1n) is 6.96. The molecule has 0 aliphatic heterocycles. The van der Waals surface area contributed by atoms with Crippen molar-refractivity contribution in [1.29, 1.82) is 0 Å². The van der Waals surface area contributed by atoms with Crippen molar-refractivity contribution < 1.29 is 9.59 Å². The van der Waals surface area contributed by atoms with Crippen molar-refractivity contribution in [2.75, 3.05) is 24.5 Å². The summed E-state index contributed by atoms with van der Waals surface area (Å²) in [5.74, 6) is -0.302. The smallest absolute Gasteiger partial charge is 0.321 e. The first kappa shape index (κ1) is 16.0. The summed E-state index contributed by atoms with van der Waals surface area (Å²) in [5, 5.41) is 4.95. The average molecular weight is 277 g/mol. The van der Waals surface area contributed by atoms with Gasteiger partial charge in [0.1, 0.15) is 0 Å². The van der Waals surface area contributed by atoms with Gasteiger partial charge < -0.3 is 10.2 Å². The number of benzene rings is 1. The number of anilines is 1. The summed E-state index contributed by atoms with van der Waals surface area (Å²) in [7, 11) is 0. The van der Waals surface area contributed by atoms with Crippen LogP contribution in [0.2, 0.25) is 0 Å². The molecule has 20 heavy (non-hydrogen) atoms. The number of para-hydroxylation sites is 1. The maximum Gasteiger partial charge on any atom is 0.321 e. The third kappa shape index (κ3) is 4.91. The van der Waals surface area contributed by atoms with E-state index in [0.717, 1.165) is 17.7 Å². The van der Waals surface area contributed by atoms with Crippen LogP contribution in [0.15, 0.2) is 24.3 Å². The van der Waals surface area contributed by atoms with E-state index >= 15 is 0 Å². The number of likely N-dealkylation sites (N-methyl/N-ethyl adjacent to an activating group) is 1. The van der Waals surface area contributed by atoms with E-state index in [1.54, 1.807) is 0 Å². The van der Waals surface area contributed by atoms with Crippen molar-refractivity contribution in [3.8, 4) is 0 Å². The largest absolute Gasteiger partial charge is 0.362 e. The molecule has 1 aromatic rings. The van der Waals surface area contributed by atoms with Gasteiger partial charge in [0.05, 0.1) is 6.54 Å². The van der Waals surface area contributed by atoms with Gasteiger partial charge in [0, 0.05) is 18.8 Å². The van der Waals surface area contributed by atoms with Crippen LogP contribution in [-0.4, -0.2) is 31.6 Å². The molecule has 0 aromatic heterocycles. The van der Waals surface area contributed by atoms with E-state index in [0.29, 0.717) is 13.1 Å². The third-order valence-corrected chi connectivity index (χ3v) is 2.96. The number of nitrogens with one attached hydrogen (secondary N) is 2. The lowest BCUT2D eigenvalue weighted by molar-refractivity contribution is -0.118. The van der Waals surface area contributed by atoms with Crippen LogP contribution in [0.3, 0.4) is 0 Å². The number of imide groups is 1. The van der Waals surface area contributed by atoms with Gasteiger partial charge in [-0.05, 0) is 31.9 Å². The molecule has 0 spiro atoms. The van der Waals surface area contributed by atoms with Crippen molar-refractivity contribution in [3.05, 3.63) is 29.8 Å². The molecule has 5 nitrogen and oxygen atoms in total. The maximum absolute atomic E-state index is 11.9. The van der Waals surface area contributed by atoms with Crippen LogP contribution >= 0.6 is 0 Å². The van der Waals surface area contributed by atoms with Crippen LogP contribution < -0.4 is 15.5 Å². The highest BCUT2D eigenvalue weighted by Crippen LogP contribution is 2.18. The molecule has 0 heterocycles. The number of carbonyl (C=O) groups excluding carboxylic acids is 2. The normalized spacial score (nSPS) is 9.95. The van der Waals surface area contributed by atoms with Gasteiger partial charge >= 0.3 is 6.03 Å². The van der Waals surface area contributed by atoms with Crippen LogP contribution in [-0.2, 0) is 4.79 Å². The van der Waals surface area contributed by atoms with Gasteiger partial charge in [0.2, 0.25) is 5.91 Å². The Balaban J connectivity index is 2.58. The average Bonchev–Trinajstić information content (AvgIpc) is 2.43. The zero-order valence-electron chi connectivity index (χ0n) is 12.4. The predicted octanol–water partition coefficient (Wildman–Crippen LogP) is 2.06. The van der Waals surface area contributed by atoms with Crippen LogP contribution in [0.25, 0.3) is 0 Å². The second-order valence-electron chi connectivity index (χ2n) is 4.60. The van der Waals surface area contributed by atoms with E-state index in [2.05, 4.69) is 10.6 Å². The first-order valence-corrected chi connectivity index (χ1v) is 6.96. The summed E-state index contributed by atoms with van der Waals surface area (Å²) in [4.78, 5) is 25.2. The zero-order valence-corrected chi connectivity index (χ0v) is 12.4. The summed E-state index contributed by atoms with van der Waals surface area (Å²) in [6.45, 7) is 7.38. The molecule has 5 heteroatoms. The lowest BCUT2D eigenvalue weighted by atomic mass is 10.2. The number of hydrogen-bond donors (Lipinski definition) is 2. The number of hydrogen-bond acceptors (Lipinski definition) is 3. The minimum Gasteiger partial charge on any atom is -0.362 e. The number of carbonyl (C=O) groups is 2.